The van der Waals surface area contributed by atoms with Crippen molar-refractivity contribution in [3.8, 4) is 0 Å². The van der Waals surface area contributed by atoms with E-state index >= 15 is 0 Å². The third-order valence-electron chi connectivity index (χ3n) is 2.67. The summed E-state index contributed by atoms with van der Waals surface area (Å²) >= 11 is 9.39. The zero-order valence-corrected chi connectivity index (χ0v) is 10.2. The van der Waals surface area contributed by atoms with E-state index < -0.39 is 0 Å². The molecule has 1 aromatic rings. The van der Waals surface area contributed by atoms with Crippen LogP contribution in [0.2, 0.25) is 5.02 Å². The minimum atomic E-state index is 0.790. The van der Waals surface area contributed by atoms with Crippen LogP contribution in [-0.2, 0) is 6.42 Å². The summed E-state index contributed by atoms with van der Waals surface area (Å²) in [6.07, 6.45) is 2.45. The van der Waals surface area contributed by atoms with Crippen molar-refractivity contribution in [2.24, 2.45) is 5.92 Å². The van der Waals surface area contributed by atoms with Gasteiger partial charge in [0.2, 0.25) is 0 Å². The molecule has 1 atom stereocenters. The molecule has 14 heavy (non-hydrogen) atoms. The molecule has 0 aromatic heterocycles. The number of hydrogen-bond donors (Lipinski definition) is 1. The summed E-state index contributed by atoms with van der Waals surface area (Å²) in [5, 5.41) is 4.17. The van der Waals surface area contributed by atoms with Crippen LogP contribution in [0, 0.1) is 5.92 Å². The molecule has 1 fully saturated rings. The van der Waals surface area contributed by atoms with Gasteiger partial charge in [0.25, 0.3) is 0 Å². The van der Waals surface area contributed by atoms with Crippen LogP contribution in [0.25, 0.3) is 0 Å². The molecular formula is C11H13BrClN. The molecule has 1 saturated heterocycles. The van der Waals surface area contributed by atoms with E-state index in [9.17, 15) is 0 Å². The van der Waals surface area contributed by atoms with Gasteiger partial charge in [-0.25, -0.2) is 0 Å². The van der Waals surface area contributed by atoms with Crippen LogP contribution in [-0.4, -0.2) is 13.1 Å². The second kappa shape index (κ2) is 4.65. The predicted molar refractivity (Wildman–Crippen MR) is 63.8 cm³/mol. The summed E-state index contributed by atoms with van der Waals surface area (Å²) < 4.78 is 1.00. The van der Waals surface area contributed by atoms with Gasteiger partial charge in [-0.3, -0.25) is 0 Å². The van der Waals surface area contributed by atoms with Crippen LogP contribution in [0.4, 0.5) is 0 Å². The van der Waals surface area contributed by atoms with Crippen LogP contribution in [0.5, 0.6) is 0 Å². The van der Waals surface area contributed by atoms with Gasteiger partial charge in [-0.05, 0) is 65.5 Å². The molecule has 0 saturated carbocycles. The Morgan fingerprint density at radius 1 is 1.50 bits per heavy atom. The monoisotopic (exact) mass is 273 g/mol. The molecule has 1 heterocycles. The Labute approximate surface area is 98.0 Å². The second-order valence-corrected chi connectivity index (χ2v) is 5.07. The van der Waals surface area contributed by atoms with Gasteiger partial charge in [-0.15, -0.1) is 0 Å². The van der Waals surface area contributed by atoms with Gasteiger partial charge in [0.15, 0.2) is 0 Å². The first kappa shape index (κ1) is 10.5. The van der Waals surface area contributed by atoms with Crippen molar-refractivity contribution in [3.05, 3.63) is 33.3 Å². The lowest BCUT2D eigenvalue weighted by molar-refractivity contribution is 0.580. The minimum absolute atomic E-state index is 0.790. The average molecular weight is 275 g/mol. The molecule has 3 heteroatoms. The normalized spacial score (nSPS) is 21.4. The van der Waals surface area contributed by atoms with Crippen molar-refractivity contribution in [2.45, 2.75) is 12.8 Å². The van der Waals surface area contributed by atoms with E-state index in [0.29, 0.717) is 0 Å². The van der Waals surface area contributed by atoms with Crippen molar-refractivity contribution in [2.75, 3.05) is 13.1 Å². The van der Waals surface area contributed by atoms with Crippen LogP contribution >= 0.6 is 27.5 Å². The highest BCUT2D eigenvalue weighted by molar-refractivity contribution is 9.10. The molecule has 0 amide bonds. The largest absolute Gasteiger partial charge is 0.316 e. The fraction of sp³-hybridized carbons (Fsp3) is 0.455. The Morgan fingerprint density at radius 2 is 2.36 bits per heavy atom. The molecule has 0 spiro atoms. The van der Waals surface area contributed by atoms with Crippen LogP contribution in [0.3, 0.4) is 0 Å². The lowest BCUT2D eigenvalue weighted by atomic mass is 9.99. The second-order valence-electron chi connectivity index (χ2n) is 3.81. The fourth-order valence-corrected chi connectivity index (χ4v) is 2.43. The molecule has 1 N–H and O–H groups in total. The van der Waals surface area contributed by atoms with Gasteiger partial charge in [0.1, 0.15) is 0 Å². The Balaban J connectivity index is 2.05. The van der Waals surface area contributed by atoms with Crippen LogP contribution in [0.15, 0.2) is 22.7 Å². The maximum Gasteiger partial charge on any atom is 0.0548 e. The zero-order chi connectivity index (χ0) is 9.97. The SMILES string of the molecule is Clc1ccc(CC2CCNC2)cc1Br. The summed E-state index contributed by atoms with van der Waals surface area (Å²) in [5.74, 6) is 0.795. The highest BCUT2D eigenvalue weighted by Gasteiger charge is 2.14. The lowest BCUT2D eigenvalue weighted by Crippen LogP contribution is -2.10. The number of hydrogen-bond acceptors (Lipinski definition) is 1. The van der Waals surface area contributed by atoms with Gasteiger partial charge in [0, 0.05) is 4.47 Å². The number of benzene rings is 1. The third-order valence-corrected chi connectivity index (χ3v) is 3.88. The minimum Gasteiger partial charge on any atom is -0.316 e. The van der Waals surface area contributed by atoms with Crippen LogP contribution in [0.1, 0.15) is 12.0 Å². The van der Waals surface area contributed by atoms with E-state index in [4.69, 9.17) is 11.6 Å². The van der Waals surface area contributed by atoms with E-state index in [0.717, 1.165) is 28.4 Å². The molecule has 76 valence electrons. The molecule has 1 aromatic carbocycles. The first-order valence-electron chi connectivity index (χ1n) is 4.90. The van der Waals surface area contributed by atoms with E-state index in [1.54, 1.807) is 0 Å². The van der Waals surface area contributed by atoms with E-state index in [1.165, 1.54) is 18.5 Å². The highest BCUT2D eigenvalue weighted by Crippen LogP contribution is 2.25. The molecule has 1 aliphatic rings. The topological polar surface area (TPSA) is 12.0 Å². The van der Waals surface area contributed by atoms with Gasteiger partial charge in [-0.2, -0.15) is 0 Å². The first-order valence-corrected chi connectivity index (χ1v) is 6.07. The summed E-state index contributed by atoms with van der Waals surface area (Å²) in [5.41, 5.74) is 1.37. The summed E-state index contributed by atoms with van der Waals surface area (Å²) in [4.78, 5) is 0. The number of rotatable bonds is 2. The molecule has 0 bridgehead atoms. The Morgan fingerprint density at radius 3 is 3.00 bits per heavy atom. The summed E-state index contributed by atoms with van der Waals surface area (Å²) in [6, 6.07) is 6.20. The third kappa shape index (κ3) is 2.50. The van der Waals surface area contributed by atoms with E-state index in [2.05, 4.69) is 33.4 Å². The van der Waals surface area contributed by atoms with E-state index in [1.807, 2.05) is 6.07 Å². The van der Waals surface area contributed by atoms with Crippen LogP contribution < -0.4 is 5.32 Å². The van der Waals surface area contributed by atoms with Crippen molar-refractivity contribution in [3.63, 3.8) is 0 Å². The number of nitrogens with one attached hydrogen (secondary N) is 1. The molecule has 1 unspecified atom stereocenters. The van der Waals surface area contributed by atoms with Crippen molar-refractivity contribution in [1.29, 1.82) is 0 Å². The average Bonchev–Trinajstić information content (AvgIpc) is 2.64. The fourth-order valence-electron chi connectivity index (χ4n) is 1.89. The molecule has 0 radical (unpaired) electrons. The van der Waals surface area contributed by atoms with Crippen molar-refractivity contribution in [1.82, 2.24) is 5.32 Å². The Kier molecular flexibility index (Phi) is 3.47. The maximum absolute atomic E-state index is 5.94. The van der Waals surface area contributed by atoms with Crippen molar-refractivity contribution >= 4 is 27.5 Å². The lowest BCUT2D eigenvalue weighted by Gasteiger charge is -2.08. The smallest absolute Gasteiger partial charge is 0.0548 e. The molecule has 0 aliphatic carbocycles. The zero-order valence-electron chi connectivity index (χ0n) is 7.89. The summed E-state index contributed by atoms with van der Waals surface area (Å²) in [7, 11) is 0. The highest BCUT2D eigenvalue weighted by atomic mass is 79.9. The Hall–Kier alpha value is -0.0500. The first-order chi connectivity index (χ1) is 6.75. The quantitative estimate of drug-likeness (QED) is 0.873. The maximum atomic E-state index is 5.94. The van der Waals surface area contributed by atoms with Crippen molar-refractivity contribution < 1.29 is 0 Å². The Bertz CT molecular complexity index is 321. The van der Waals surface area contributed by atoms with Gasteiger partial charge in [-0.1, -0.05) is 17.7 Å². The molecule has 1 nitrogen and oxygen atoms in total. The standard InChI is InChI=1S/C11H13BrClN/c12-10-6-8(1-2-11(10)13)5-9-3-4-14-7-9/h1-2,6,9,14H,3-5,7H2. The molecule has 2 rings (SSSR count). The summed E-state index contributed by atoms with van der Waals surface area (Å²) in [6.45, 7) is 2.32. The molecule has 1 aliphatic heterocycles. The van der Waals surface area contributed by atoms with Gasteiger partial charge < -0.3 is 5.32 Å². The molecular weight excluding hydrogens is 261 g/mol. The van der Waals surface area contributed by atoms with Gasteiger partial charge >= 0.3 is 0 Å². The van der Waals surface area contributed by atoms with Gasteiger partial charge in [0.05, 0.1) is 5.02 Å². The van der Waals surface area contributed by atoms with E-state index in [-0.39, 0.29) is 0 Å². The number of halogens is 2. The predicted octanol–water partition coefficient (Wildman–Crippen LogP) is 3.25.